The lowest BCUT2D eigenvalue weighted by Gasteiger charge is -2.03. The van der Waals surface area contributed by atoms with Crippen LogP contribution in [0.2, 0.25) is 0 Å². The van der Waals surface area contributed by atoms with Gasteiger partial charge in [-0.1, -0.05) is 11.8 Å². The van der Waals surface area contributed by atoms with E-state index in [-0.39, 0.29) is 12.5 Å². The molecule has 2 rings (SSSR count). The van der Waals surface area contributed by atoms with E-state index in [1.165, 1.54) is 11.3 Å². The minimum Gasteiger partial charge on any atom is -0.384 e. The van der Waals surface area contributed by atoms with Crippen molar-refractivity contribution in [1.29, 1.82) is 0 Å². The summed E-state index contributed by atoms with van der Waals surface area (Å²) in [5.74, 6) is 5.33. The summed E-state index contributed by atoms with van der Waals surface area (Å²) in [6.45, 7) is 2.96. The quantitative estimate of drug-likeness (QED) is 0.826. The van der Waals surface area contributed by atoms with Crippen molar-refractivity contribution < 1.29 is 9.90 Å². The van der Waals surface area contributed by atoms with Gasteiger partial charge >= 0.3 is 0 Å². The van der Waals surface area contributed by atoms with E-state index in [2.05, 4.69) is 22.1 Å². The van der Waals surface area contributed by atoms with Gasteiger partial charge in [0, 0.05) is 25.5 Å². The molecule has 20 heavy (non-hydrogen) atoms. The molecule has 0 radical (unpaired) electrons. The number of aryl methyl sites for hydroxylation is 1. The van der Waals surface area contributed by atoms with E-state index in [0.717, 1.165) is 10.4 Å². The first-order valence-electron chi connectivity index (χ1n) is 6.15. The summed E-state index contributed by atoms with van der Waals surface area (Å²) in [6, 6.07) is 1.82. The molecule has 6 heteroatoms. The van der Waals surface area contributed by atoms with Crippen LogP contribution in [0.4, 0.5) is 0 Å². The summed E-state index contributed by atoms with van der Waals surface area (Å²) in [5, 5.41) is 11.5. The molecule has 5 nitrogen and oxygen atoms in total. The van der Waals surface area contributed by atoms with Gasteiger partial charge < -0.3 is 15.0 Å². The number of hydrogen-bond acceptors (Lipinski definition) is 4. The highest BCUT2D eigenvalue weighted by Crippen LogP contribution is 2.20. The lowest BCUT2D eigenvalue weighted by Crippen LogP contribution is -2.26. The maximum absolute atomic E-state index is 12.0. The smallest absolute Gasteiger partial charge is 0.261 e. The SMILES string of the molecule is Cc1cc(C(=O)NCCn2ccnc2)sc1C#CCO. The fraction of sp³-hybridized carbons (Fsp3) is 0.286. The van der Waals surface area contributed by atoms with E-state index >= 15 is 0 Å². The Morgan fingerprint density at radius 3 is 3.15 bits per heavy atom. The summed E-state index contributed by atoms with van der Waals surface area (Å²) < 4.78 is 1.90. The predicted octanol–water partition coefficient (Wildman–Crippen LogP) is 1.03. The number of hydrogen-bond donors (Lipinski definition) is 2. The van der Waals surface area contributed by atoms with Crippen LogP contribution in [0.25, 0.3) is 0 Å². The van der Waals surface area contributed by atoms with Gasteiger partial charge in [-0.25, -0.2) is 4.98 Å². The van der Waals surface area contributed by atoms with Crippen molar-refractivity contribution in [3.05, 3.63) is 40.1 Å². The van der Waals surface area contributed by atoms with Crippen LogP contribution in [-0.4, -0.2) is 33.7 Å². The number of aliphatic hydroxyl groups is 1. The summed E-state index contributed by atoms with van der Waals surface area (Å²) in [4.78, 5) is 17.4. The zero-order valence-electron chi connectivity index (χ0n) is 11.1. The third-order valence-electron chi connectivity index (χ3n) is 2.64. The first-order valence-corrected chi connectivity index (χ1v) is 6.96. The average molecular weight is 289 g/mol. The van der Waals surface area contributed by atoms with Crippen molar-refractivity contribution in [2.45, 2.75) is 13.5 Å². The van der Waals surface area contributed by atoms with Gasteiger partial charge in [-0.05, 0) is 18.6 Å². The molecule has 0 unspecified atom stereocenters. The first-order chi connectivity index (χ1) is 9.70. The zero-order chi connectivity index (χ0) is 14.4. The number of thiophene rings is 1. The molecular formula is C14H15N3O2S. The Balaban J connectivity index is 1.92. The molecule has 0 atom stereocenters. The van der Waals surface area contributed by atoms with Crippen LogP contribution in [-0.2, 0) is 6.54 Å². The van der Waals surface area contributed by atoms with Gasteiger partial charge in [-0.15, -0.1) is 11.3 Å². The number of nitrogens with one attached hydrogen (secondary N) is 1. The van der Waals surface area contributed by atoms with Gasteiger partial charge in [-0.3, -0.25) is 4.79 Å². The van der Waals surface area contributed by atoms with E-state index in [9.17, 15) is 4.79 Å². The third kappa shape index (κ3) is 3.70. The molecule has 0 aliphatic heterocycles. The lowest BCUT2D eigenvalue weighted by molar-refractivity contribution is 0.0956. The standard InChI is InChI=1S/C14H15N3O2S/c1-11-9-13(20-12(11)3-2-8-18)14(19)16-5-7-17-6-4-15-10-17/h4,6,9-10,18H,5,7-8H2,1H3,(H,16,19). The van der Waals surface area contributed by atoms with Crippen molar-refractivity contribution in [2.24, 2.45) is 0 Å². The molecule has 0 bridgehead atoms. The molecule has 0 aromatic carbocycles. The maximum Gasteiger partial charge on any atom is 0.261 e. The van der Waals surface area contributed by atoms with Crippen molar-refractivity contribution in [3.63, 3.8) is 0 Å². The number of imidazole rings is 1. The molecule has 2 aromatic rings. The average Bonchev–Trinajstić information content (AvgIpc) is 3.06. The first kappa shape index (κ1) is 14.3. The molecule has 104 valence electrons. The Hall–Kier alpha value is -2.10. The van der Waals surface area contributed by atoms with Crippen LogP contribution in [0.5, 0.6) is 0 Å². The van der Waals surface area contributed by atoms with E-state index in [1.807, 2.05) is 23.8 Å². The number of amides is 1. The number of rotatable bonds is 4. The highest BCUT2D eigenvalue weighted by Gasteiger charge is 2.10. The number of nitrogens with zero attached hydrogens (tertiary/aromatic N) is 2. The summed E-state index contributed by atoms with van der Waals surface area (Å²) in [7, 11) is 0. The van der Waals surface area contributed by atoms with E-state index in [4.69, 9.17) is 5.11 Å². The van der Waals surface area contributed by atoms with E-state index in [1.54, 1.807) is 12.5 Å². The molecule has 2 N–H and O–H groups in total. The molecule has 0 spiro atoms. The largest absolute Gasteiger partial charge is 0.384 e. The molecule has 2 heterocycles. The molecule has 0 saturated heterocycles. The Morgan fingerprint density at radius 2 is 2.45 bits per heavy atom. The molecule has 0 aliphatic carbocycles. The molecule has 1 amide bonds. The van der Waals surface area contributed by atoms with E-state index in [0.29, 0.717) is 18.0 Å². The van der Waals surface area contributed by atoms with Crippen LogP contribution < -0.4 is 5.32 Å². The maximum atomic E-state index is 12.0. The second-order valence-corrected chi connectivity index (χ2v) is 5.19. The number of carbonyl (C=O) groups is 1. The van der Waals surface area contributed by atoms with Crippen LogP contribution in [0.15, 0.2) is 24.8 Å². The van der Waals surface area contributed by atoms with Crippen molar-refractivity contribution >= 4 is 17.2 Å². The van der Waals surface area contributed by atoms with Crippen molar-refractivity contribution in [3.8, 4) is 11.8 Å². The molecule has 0 saturated carbocycles. The minimum atomic E-state index is -0.177. The van der Waals surface area contributed by atoms with Gasteiger partial charge in [0.2, 0.25) is 0 Å². The fourth-order valence-corrected chi connectivity index (χ4v) is 2.61. The van der Waals surface area contributed by atoms with Crippen LogP contribution in [0.1, 0.15) is 20.1 Å². The van der Waals surface area contributed by atoms with Crippen LogP contribution >= 0.6 is 11.3 Å². The van der Waals surface area contributed by atoms with Crippen molar-refractivity contribution in [2.75, 3.05) is 13.2 Å². The van der Waals surface area contributed by atoms with Gasteiger partial charge in [-0.2, -0.15) is 0 Å². The Morgan fingerprint density at radius 1 is 1.60 bits per heavy atom. The molecule has 0 aliphatic rings. The van der Waals surface area contributed by atoms with Gasteiger partial charge in [0.15, 0.2) is 0 Å². The number of aliphatic hydroxyl groups excluding tert-OH is 1. The second kappa shape index (κ2) is 6.89. The van der Waals surface area contributed by atoms with Crippen molar-refractivity contribution in [1.82, 2.24) is 14.9 Å². The highest BCUT2D eigenvalue weighted by atomic mass is 32.1. The Kier molecular flexibility index (Phi) is 4.93. The van der Waals surface area contributed by atoms with Crippen LogP contribution in [0, 0.1) is 18.8 Å². The van der Waals surface area contributed by atoms with E-state index < -0.39 is 0 Å². The second-order valence-electron chi connectivity index (χ2n) is 4.14. The molecule has 2 aromatic heterocycles. The Bertz CT molecular complexity index is 635. The topological polar surface area (TPSA) is 67.2 Å². The molecular weight excluding hydrogens is 274 g/mol. The molecule has 0 fully saturated rings. The number of carbonyl (C=O) groups excluding carboxylic acids is 1. The number of aromatic nitrogens is 2. The minimum absolute atomic E-state index is 0.102. The lowest BCUT2D eigenvalue weighted by atomic mass is 10.2. The summed E-state index contributed by atoms with van der Waals surface area (Å²) in [6.07, 6.45) is 5.27. The monoisotopic (exact) mass is 289 g/mol. The zero-order valence-corrected chi connectivity index (χ0v) is 11.9. The summed E-state index contributed by atoms with van der Waals surface area (Å²) >= 11 is 1.34. The van der Waals surface area contributed by atoms with Gasteiger partial charge in [0.1, 0.15) is 6.61 Å². The van der Waals surface area contributed by atoms with Gasteiger partial charge in [0.05, 0.1) is 16.1 Å². The highest BCUT2D eigenvalue weighted by molar-refractivity contribution is 7.14. The predicted molar refractivity (Wildman–Crippen MR) is 77.6 cm³/mol. The van der Waals surface area contributed by atoms with Gasteiger partial charge in [0.25, 0.3) is 5.91 Å². The fourth-order valence-electron chi connectivity index (χ4n) is 1.64. The normalized spacial score (nSPS) is 9.90. The summed E-state index contributed by atoms with van der Waals surface area (Å²) in [5.41, 5.74) is 0.954. The third-order valence-corrected chi connectivity index (χ3v) is 3.79. The Labute approximate surface area is 121 Å². The van der Waals surface area contributed by atoms with Crippen LogP contribution in [0.3, 0.4) is 0 Å².